The van der Waals surface area contributed by atoms with Gasteiger partial charge in [0.2, 0.25) is 0 Å². The maximum absolute atomic E-state index is 2.61. The summed E-state index contributed by atoms with van der Waals surface area (Å²) in [6.07, 6.45) is 2.72. The van der Waals surface area contributed by atoms with Crippen LogP contribution in [0, 0.1) is 0 Å². The Morgan fingerprint density at radius 3 is 1.29 bits per heavy atom. The lowest BCUT2D eigenvalue weighted by Crippen LogP contribution is -2.44. The molecule has 14 heavy (non-hydrogen) atoms. The molecule has 0 atom stereocenters. The van der Waals surface area contributed by atoms with Crippen molar-refractivity contribution in [3.63, 3.8) is 0 Å². The van der Waals surface area contributed by atoms with Crippen molar-refractivity contribution in [1.82, 2.24) is 9.80 Å². The minimum atomic E-state index is 0.710. The summed E-state index contributed by atoms with van der Waals surface area (Å²) in [5, 5.41) is 0. The molecule has 0 amide bonds. The van der Waals surface area contributed by atoms with E-state index < -0.39 is 0 Å². The van der Waals surface area contributed by atoms with E-state index in [1.54, 1.807) is 0 Å². The molecule has 0 aromatic heterocycles. The molecule has 0 aromatic rings. The van der Waals surface area contributed by atoms with Gasteiger partial charge in [-0.25, -0.2) is 0 Å². The number of rotatable bonds is 2. The third-order valence-corrected chi connectivity index (χ3v) is 3.28. The zero-order valence-electron chi connectivity index (χ0n) is 10.3. The molecule has 0 saturated carbocycles. The molecule has 0 spiro atoms. The van der Waals surface area contributed by atoms with Gasteiger partial charge in [-0.05, 0) is 53.6 Å². The Morgan fingerprint density at radius 2 is 1.00 bits per heavy atom. The first kappa shape index (κ1) is 12.0. The van der Waals surface area contributed by atoms with Crippen LogP contribution in [0.5, 0.6) is 0 Å². The SMILES string of the molecule is CC(C)N1CCCCN(C(C)C)CC1. The van der Waals surface area contributed by atoms with Crippen LogP contribution in [0.2, 0.25) is 0 Å². The molecule has 1 aliphatic rings. The van der Waals surface area contributed by atoms with E-state index in [0.717, 1.165) is 0 Å². The Balaban J connectivity index is 2.42. The predicted octanol–water partition coefficient (Wildman–Crippen LogP) is 2.20. The minimum Gasteiger partial charge on any atom is -0.300 e. The minimum absolute atomic E-state index is 0.710. The molecule has 1 aliphatic heterocycles. The molecule has 0 unspecified atom stereocenters. The van der Waals surface area contributed by atoms with Crippen LogP contribution in [0.1, 0.15) is 40.5 Å². The van der Waals surface area contributed by atoms with E-state index in [2.05, 4.69) is 37.5 Å². The number of hydrogen-bond acceptors (Lipinski definition) is 2. The van der Waals surface area contributed by atoms with Crippen LogP contribution in [0.3, 0.4) is 0 Å². The smallest absolute Gasteiger partial charge is 0.0112 e. The van der Waals surface area contributed by atoms with Gasteiger partial charge in [-0.15, -0.1) is 0 Å². The summed E-state index contributed by atoms with van der Waals surface area (Å²) in [7, 11) is 0. The van der Waals surface area contributed by atoms with Crippen molar-refractivity contribution >= 4 is 0 Å². The van der Waals surface area contributed by atoms with E-state index in [1.807, 2.05) is 0 Å². The molecule has 2 heteroatoms. The van der Waals surface area contributed by atoms with Gasteiger partial charge in [0.15, 0.2) is 0 Å². The fourth-order valence-corrected chi connectivity index (χ4v) is 2.14. The van der Waals surface area contributed by atoms with Crippen LogP contribution in [-0.2, 0) is 0 Å². The first-order valence-electron chi connectivity index (χ1n) is 6.09. The number of hydrogen-bond donors (Lipinski definition) is 0. The second-order valence-corrected chi connectivity index (χ2v) is 4.97. The second-order valence-electron chi connectivity index (χ2n) is 4.97. The molecule has 84 valence electrons. The van der Waals surface area contributed by atoms with Crippen molar-refractivity contribution in [3.8, 4) is 0 Å². The zero-order chi connectivity index (χ0) is 10.6. The van der Waals surface area contributed by atoms with Crippen LogP contribution in [0.4, 0.5) is 0 Å². The van der Waals surface area contributed by atoms with Crippen molar-refractivity contribution in [3.05, 3.63) is 0 Å². The highest BCUT2D eigenvalue weighted by Gasteiger charge is 2.16. The van der Waals surface area contributed by atoms with Gasteiger partial charge in [0, 0.05) is 25.2 Å². The van der Waals surface area contributed by atoms with Gasteiger partial charge < -0.3 is 0 Å². The third-order valence-electron chi connectivity index (χ3n) is 3.28. The second kappa shape index (κ2) is 5.72. The van der Waals surface area contributed by atoms with E-state index in [9.17, 15) is 0 Å². The van der Waals surface area contributed by atoms with Crippen LogP contribution < -0.4 is 0 Å². The highest BCUT2D eigenvalue weighted by atomic mass is 15.2. The van der Waals surface area contributed by atoms with E-state index in [-0.39, 0.29) is 0 Å². The van der Waals surface area contributed by atoms with Gasteiger partial charge in [0.25, 0.3) is 0 Å². The van der Waals surface area contributed by atoms with Crippen molar-refractivity contribution in [2.24, 2.45) is 0 Å². The molecule has 0 aliphatic carbocycles. The lowest BCUT2D eigenvalue weighted by molar-refractivity contribution is 0.130. The monoisotopic (exact) mass is 198 g/mol. The topological polar surface area (TPSA) is 6.48 Å². The summed E-state index contributed by atoms with van der Waals surface area (Å²) in [6.45, 7) is 14.3. The molecule has 0 N–H and O–H groups in total. The summed E-state index contributed by atoms with van der Waals surface area (Å²) in [6, 6.07) is 1.42. The summed E-state index contributed by atoms with van der Waals surface area (Å²) in [4.78, 5) is 5.21. The summed E-state index contributed by atoms with van der Waals surface area (Å²) in [5.41, 5.74) is 0. The largest absolute Gasteiger partial charge is 0.300 e. The number of nitrogens with zero attached hydrogens (tertiary/aromatic N) is 2. The Hall–Kier alpha value is -0.0800. The normalized spacial score (nSPS) is 22.7. The fourth-order valence-electron chi connectivity index (χ4n) is 2.14. The average Bonchev–Trinajstić information content (AvgIpc) is 2.01. The van der Waals surface area contributed by atoms with Gasteiger partial charge >= 0.3 is 0 Å². The van der Waals surface area contributed by atoms with Crippen LogP contribution in [0.15, 0.2) is 0 Å². The Kier molecular flexibility index (Phi) is 4.90. The summed E-state index contributed by atoms with van der Waals surface area (Å²) < 4.78 is 0. The van der Waals surface area contributed by atoms with E-state index >= 15 is 0 Å². The van der Waals surface area contributed by atoms with E-state index in [1.165, 1.54) is 39.0 Å². The molecular formula is C12H26N2. The third kappa shape index (κ3) is 3.58. The van der Waals surface area contributed by atoms with Gasteiger partial charge in [0.1, 0.15) is 0 Å². The quantitative estimate of drug-likeness (QED) is 0.671. The highest BCUT2D eigenvalue weighted by molar-refractivity contribution is 4.72. The predicted molar refractivity (Wildman–Crippen MR) is 62.7 cm³/mol. The van der Waals surface area contributed by atoms with Crippen molar-refractivity contribution in [2.45, 2.75) is 52.6 Å². The zero-order valence-corrected chi connectivity index (χ0v) is 10.3. The van der Waals surface area contributed by atoms with Crippen LogP contribution in [0.25, 0.3) is 0 Å². The van der Waals surface area contributed by atoms with E-state index in [4.69, 9.17) is 0 Å². The molecular weight excluding hydrogens is 172 g/mol. The van der Waals surface area contributed by atoms with E-state index in [0.29, 0.717) is 12.1 Å². The molecule has 0 aromatic carbocycles. The van der Waals surface area contributed by atoms with Gasteiger partial charge in [-0.3, -0.25) is 9.80 Å². The molecule has 1 rings (SSSR count). The molecule has 1 saturated heterocycles. The maximum Gasteiger partial charge on any atom is 0.0112 e. The Labute approximate surface area is 89.3 Å². The van der Waals surface area contributed by atoms with Crippen LogP contribution in [-0.4, -0.2) is 48.1 Å². The molecule has 0 bridgehead atoms. The highest BCUT2D eigenvalue weighted by Crippen LogP contribution is 2.09. The van der Waals surface area contributed by atoms with Crippen molar-refractivity contribution < 1.29 is 0 Å². The van der Waals surface area contributed by atoms with Gasteiger partial charge in [-0.2, -0.15) is 0 Å². The van der Waals surface area contributed by atoms with Crippen molar-refractivity contribution in [2.75, 3.05) is 26.2 Å². The molecule has 0 radical (unpaired) electrons. The summed E-state index contributed by atoms with van der Waals surface area (Å²) in [5.74, 6) is 0. The Morgan fingerprint density at radius 1 is 0.643 bits per heavy atom. The first-order chi connectivity index (χ1) is 6.61. The lowest BCUT2D eigenvalue weighted by atomic mass is 10.2. The summed E-state index contributed by atoms with van der Waals surface area (Å²) >= 11 is 0. The molecule has 2 nitrogen and oxygen atoms in total. The van der Waals surface area contributed by atoms with Gasteiger partial charge in [0.05, 0.1) is 0 Å². The lowest BCUT2D eigenvalue weighted by Gasteiger charge is -2.34. The first-order valence-corrected chi connectivity index (χ1v) is 6.09. The van der Waals surface area contributed by atoms with Crippen LogP contribution >= 0.6 is 0 Å². The van der Waals surface area contributed by atoms with Crippen molar-refractivity contribution in [1.29, 1.82) is 0 Å². The fraction of sp³-hybridized carbons (Fsp3) is 1.00. The van der Waals surface area contributed by atoms with Gasteiger partial charge in [-0.1, -0.05) is 0 Å². The Bertz CT molecular complexity index is 136. The average molecular weight is 198 g/mol. The molecule has 1 heterocycles. The molecule has 1 fully saturated rings. The standard InChI is InChI=1S/C12H26N2/c1-11(2)13-7-5-6-8-14(10-9-13)12(3)4/h11-12H,5-10H2,1-4H3. The maximum atomic E-state index is 2.61.